The Morgan fingerprint density at radius 1 is 1.28 bits per heavy atom. The van der Waals surface area contributed by atoms with Gasteiger partial charge in [0.15, 0.2) is 0 Å². The molecule has 0 unspecified atom stereocenters. The predicted molar refractivity (Wildman–Crippen MR) is 75.5 cm³/mol. The smallest absolute Gasteiger partial charge is 0.0663 e. The summed E-state index contributed by atoms with van der Waals surface area (Å²) in [7, 11) is 1.91. The van der Waals surface area contributed by atoms with Crippen LogP contribution in [0.3, 0.4) is 0 Å². The van der Waals surface area contributed by atoms with Gasteiger partial charge >= 0.3 is 0 Å². The number of rotatable bonds is 3. The lowest BCUT2D eigenvalue weighted by Gasteiger charge is -2.08. The van der Waals surface area contributed by atoms with Crippen molar-refractivity contribution in [2.24, 2.45) is 0 Å². The van der Waals surface area contributed by atoms with Gasteiger partial charge in [-0.3, -0.25) is 0 Å². The fraction of sp³-hybridized carbons (Fsp3) is 0.357. The van der Waals surface area contributed by atoms with Crippen molar-refractivity contribution in [3.05, 3.63) is 45.7 Å². The van der Waals surface area contributed by atoms with Crippen molar-refractivity contribution >= 4 is 11.6 Å². The van der Waals surface area contributed by atoms with Crippen LogP contribution in [0.2, 0.25) is 5.02 Å². The molecule has 0 radical (unpaired) electrons. The number of hydrogen-bond acceptors (Lipinski definition) is 2. The number of aryl methyl sites for hydroxylation is 1. The van der Waals surface area contributed by atoms with Crippen LogP contribution in [0.1, 0.15) is 22.5 Å². The van der Waals surface area contributed by atoms with Crippen LogP contribution in [-0.2, 0) is 6.54 Å². The fourth-order valence-electron chi connectivity index (χ4n) is 1.97. The maximum absolute atomic E-state index is 6.28. The maximum atomic E-state index is 6.28. The second-order valence-electron chi connectivity index (χ2n) is 4.51. The van der Waals surface area contributed by atoms with Gasteiger partial charge in [-0.1, -0.05) is 17.7 Å². The van der Waals surface area contributed by atoms with Crippen LogP contribution in [0.5, 0.6) is 0 Å². The molecule has 0 atom stereocenters. The van der Waals surface area contributed by atoms with E-state index < -0.39 is 0 Å². The van der Waals surface area contributed by atoms with Crippen LogP contribution < -0.4 is 5.32 Å². The van der Waals surface area contributed by atoms with Gasteiger partial charge in [0, 0.05) is 17.3 Å². The highest BCUT2D eigenvalue weighted by Crippen LogP contribution is 2.22. The second kappa shape index (κ2) is 5.12. The van der Waals surface area contributed by atoms with Gasteiger partial charge in [-0.15, -0.1) is 0 Å². The molecule has 0 aliphatic rings. The zero-order valence-electron chi connectivity index (χ0n) is 11.2. The minimum atomic E-state index is 0.770. The van der Waals surface area contributed by atoms with E-state index in [1.807, 2.05) is 30.8 Å². The Morgan fingerprint density at radius 3 is 2.50 bits per heavy atom. The van der Waals surface area contributed by atoms with Gasteiger partial charge in [0.25, 0.3) is 0 Å². The van der Waals surface area contributed by atoms with Crippen molar-refractivity contribution in [2.75, 3.05) is 7.05 Å². The van der Waals surface area contributed by atoms with Gasteiger partial charge in [0.1, 0.15) is 0 Å². The average molecular weight is 264 g/mol. The highest BCUT2D eigenvalue weighted by molar-refractivity contribution is 6.31. The van der Waals surface area contributed by atoms with Gasteiger partial charge in [0.2, 0.25) is 0 Å². The van der Waals surface area contributed by atoms with Gasteiger partial charge in [-0.2, -0.15) is 5.10 Å². The molecule has 1 heterocycles. The summed E-state index contributed by atoms with van der Waals surface area (Å²) >= 11 is 6.28. The Bertz CT molecular complexity index is 573. The standard InChI is InChI=1S/C14H18ClN3/c1-9-10(2)17-18(11(9)3)13-6-5-12(8-16-4)14(15)7-13/h5-7,16H,8H2,1-4H3. The number of aromatic nitrogens is 2. The Hall–Kier alpha value is -1.32. The Morgan fingerprint density at radius 2 is 2.00 bits per heavy atom. The molecular weight excluding hydrogens is 246 g/mol. The van der Waals surface area contributed by atoms with Crippen molar-refractivity contribution in [1.29, 1.82) is 0 Å². The first-order valence-electron chi connectivity index (χ1n) is 6.00. The molecule has 1 aromatic heterocycles. The first-order chi connectivity index (χ1) is 8.54. The molecule has 18 heavy (non-hydrogen) atoms. The number of nitrogens with one attached hydrogen (secondary N) is 1. The Balaban J connectivity index is 2.45. The molecule has 96 valence electrons. The van der Waals surface area contributed by atoms with Crippen molar-refractivity contribution in [1.82, 2.24) is 15.1 Å². The molecule has 1 aromatic carbocycles. The van der Waals surface area contributed by atoms with Crippen molar-refractivity contribution in [3.63, 3.8) is 0 Å². The molecule has 0 saturated heterocycles. The minimum absolute atomic E-state index is 0.770. The van der Waals surface area contributed by atoms with Crippen molar-refractivity contribution in [3.8, 4) is 5.69 Å². The van der Waals surface area contributed by atoms with Crippen LogP contribution in [0, 0.1) is 20.8 Å². The average Bonchev–Trinajstić information content (AvgIpc) is 2.60. The molecule has 0 bridgehead atoms. The lowest BCUT2D eigenvalue weighted by Crippen LogP contribution is -2.06. The normalized spacial score (nSPS) is 10.9. The van der Waals surface area contributed by atoms with Crippen LogP contribution in [0.25, 0.3) is 5.69 Å². The first kappa shape index (κ1) is 13.1. The summed E-state index contributed by atoms with van der Waals surface area (Å²) in [4.78, 5) is 0. The topological polar surface area (TPSA) is 29.9 Å². The quantitative estimate of drug-likeness (QED) is 0.922. The predicted octanol–water partition coefficient (Wildman–Crippen LogP) is 3.17. The van der Waals surface area contributed by atoms with E-state index in [-0.39, 0.29) is 0 Å². The van der Waals surface area contributed by atoms with Gasteiger partial charge in [-0.05, 0) is 51.1 Å². The highest BCUT2D eigenvalue weighted by atomic mass is 35.5. The van der Waals surface area contributed by atoms with Gasteiger partial charge < -0.3 is 5.32 Å². The molecule has 4 heteroatoms. The van der Waals surface area contributed by atoms with Gasteiger partial charge in [0.05, 0.1) is 11.4 Å². The van der Waals surface area contributed by atoms with Crippen molar-refractivity contribution < 1.29 is 0 Å². The van der Waals surface area contributed by atoms with E-state index >= 15 is 0 Å². The molecular formula is C14H18ClN3. The molecule has 0 aliphatic heterocycles. The zero-order valence-corrected chi connectivity index (χ0v) is 12.0. The molecule has 2 rings (SSSR count). The molecule has 0 spiro atoms. The Kier molecular flexibility index (Phi) is 3.73. The van der Waals surface area contributed by atoms with E-state index in [9.17, 15) is 0 Å². The third-order valence-corrected chi connectivity index (χ3v) is 3.65. The second-order valence-corrected chi connectivity index (χ2v) is 4.92. The number of halogens is 1. The first-order valence-corrected chi connectivity index (χ1v) is 6.38. The van der Waals surface area contributed by atoms with E-state index in [2.05, 4.69) is 30.3 Å². The van der Waals surface area contributed by atoms with E-state index in [1.165, 1.54) is 5.56 Å². The van der Waals surface area contributed by atoms with Gasteiger partial charge in [-0.25, -0.2) is 4.68 Å². The van der Waals surface area contributed by atoms with Crippen LogP contribution >= 0.6 is 11.6 Å². The summed E-state index contributed by atoms with van der Waals surface area (Å²) in [5, 5.41) is 8.41. The number of nitrogens with zero attached hydrogens (tertiary/aromatic N) is 2. The Labute approximate surface area is 113 Å². The third kappa shape index (κ3) is 2.28. The van der Waals surface area contributed by atoms with Crippen LogP contribution in [0.4, 0.5) is 0 Å². The lowest BCUT2D eigenvalue weighted by molar-refractivity contribution is 0.810. The molecule has 1 N–H and O–H groups in total. The molecule has 2 aromatic rings. The molecule has 0 aliphatic carbocycles. The SMILES string of the molecule is CNCc1ccc(-n2nc(C)c(C)c2C)cc1Cl. The summed E-state index contributed by atoms with van der Waals surface area (Å²) < 4.78 is 1.94. The summed E-state index contributed by atoms with van der Waals surface area (Å²) in [6, 6.07) is 6.06. The molecule has 3 nitrogen and oxygen atoms in total. The number of benzene rings is 1. The fourth-order valence-corrected chi connectivity index (χ4v) is 2.22. The summed E-state index contributed by atoms with van der Waals surface area (Å²) in [6.07, 6.45) is 0. The minimum Gasteiger partial charge on any atom is -0.316 e. The van der Waals surface area contributed by atoms with E-state index in [1.54, 1.807) is 0 Å². The zero-order chi connectivity index (χ0) is 13.3. The lowest BCUT2D eigenvalue weighted by atomic mass is 10.2. The van der Waals surface area contributed by atoms with E-state index in [0.717, 1.165) is 34.2 Å². The monoisotopic (exact) mass is 263 g/mol. The van der Waals surface area contributed by atoms with E-state index in [4.69, 9.17) is 11.6 Å². The molecule has 0 fully saturated rings. The summed E-state index contributed by atoms with van der Waals surface area (Å²) in [6.45, 7) is 6.96. The van der Waals surface area contributed by atoms with Crippen molar-refractivity contribution in [2.45, 2.75) is 27.3 Å². The van der Waals surface area contributed by atoms with Crippen LogP contribution in [0.15, 0.2) is 18.2 Å². The maximum Gasteiger partial charge on any atom is 0.0663 e. The highest BCUT2D eigenvalue weighted by Gasteiger charge is 2.10. The molecule has 0 amide bonds. The summed E-state index contributed by atoms with van der Waals surface area (Å²) in [5.74, 6) is 0. The number of hydrogen-bond donors (Lipinski definition) is 1. The largest absolute Gasteiger partial charge is 0.316 e. The summed E-state index contributed by atoms with van der Waals surface area (Å²) in [5.41, 5.74) is 5.55. The van der Waals surface area contributed by atoms with Crippen LogP contribution in [-0.4, -0.2) is 16.8 Å². The van der Waals surface area contributed by atoms with E-state index in [0.29, 0.717) is 0 Å². The third-order valence-electron chi connectivity index (χ3n) is 3.30. The molecule has 0 saturated carbocycles.